The molecule has 0 aliphatic heterocycles. The molecule has 0 atom stereocenters. The van der Waals surface area contributed by atoms with Crippen molar-refractivity contribution in [2.24, 2.45) is 0 Å². The molecule has 8 heteroatoms. The topological polar surface area (TPSA) is 63.7 Å². The Morgan fingerprint density at radius 2 is 1.85 bits per heavy atom. The standard InChI is InChI=1S/C25H27N3O3S2/c1-16-5-12-21(32-16)19-10-11-20(31-4)22-23(19)33-25(26-22)27-24(29)18-8-6-17(7-9-18)15-28(2)13-14-30-3/h5-12H,13-15H2,1-4H3,(H,26,27,29). The van der Waals surface area contributed by atoms with Crippen molar-refractivity contribution in [3.8, 4) is 16.2 Å². The van der Waals surface area contributed by atoms with E-state index in [2.05, 4.69) is 40.3 Å². The Morgan fingerprint density at radius 1 is 1.06 bits per heavy atom. The van der Waals surface area contributed by atoms with E-state index in [0.29, 0.717) is 23.1 Å². The molecule has 0 saturated heterocycles. The molecule has 4 aromatic rings. The Kier molecular flexibility index (Phi) is 7.39. The third-order valence-electron chi connectivity index (χ3n) is 5.30. The zero-order valence-corrected chi connectivity index (χ0v) is 20.8. The van der Waals surface area contributed by atoms with Crippen LogP contribution in [0.4, 0.5) is 5.13 Å². The number of carbonyl (C=O) groups is 1. The van der Waals surface area contributed by atoms with Crippen molar-refractivity contribution in [3.05, 3.63) is 64.5 Å². The normalized spacial score (nSPS) is 11.3. The smallest absolute Gasteiger partial charge is 0.257 e. The van der Waals surface area contributed by atoms with Crippen molar-refractivity contribution < 1.29 is 14.3 Å². The van der Waals surface area contributed by atoms with Gasteiger partial charge in [0.2, 0.25) is 0 Å². The fraction of sp³-hybridized carbons (Fsp3) is 0.280. The number of methoxy groups -OCH3 is 2. The van der Waals surface area contributed by atoms with E-state index in [1.54, 1.807) is 25.6 Å². The second-order valence-electron chi connectivity index (χ2n) is 7.80. The predicted molar refractivity (Wildman–Crippen MR) is 137 cm³/mol. The summed E-state index contributed by atoms with van der Waals surface area (Å²) in [4.78, 5) is 22.2. The molecule has 1 amide bonds. The number of thiazole rings is 1. The summed E-state index contributed by atoms with van der Waals surface area (Å²) in [5.74, 6) is 0.515. The zero-order valence-electron chi connectivity index (χ0n) is 19.2. The minimum Gasteiger partial charge on any atom is -0.494 e. The van der Waals surface area contributed by atoms with E-state index in [-0.39, 0.29) is 5.91 Å². The minimum atomic E-state index is -0.180. The third kappa shape index (κ3) is 5.42. The van der Waals surface area contributed by atoms with Gasteiger partial charge in [-0.3, -0.25) is 15.0 Å². The van der Waals surface area contributed by atoms with Gasteiger partial charge in [0.1, 0.15) is 11.3 Å². The summed E-state index contributed by atoms with van der Waals surface area (Å²) >= 11 is 3.20. The van der Waals surface area contributed by atoms with E-state index in [1.165, 1.54) is 21.1 Å². The molecule has 0 unspecified atom stereocenters. The van der Waals surface area contributed by atoms with Gasteiger partial charge in [-0.15, -0.1) is 11.3 Å². The molecule has 0 bridgehead atoms. The van der Waals surface area contributed by atoms with Crippen LogP contribution in [-0.4, -0.2) is 50.2 Å². The van der Waals surface area contributed by atoms with Crippen molar-refractivity contribution in [1.29, 1.82) is 0 Å². The Balaban J connectivity index is 1.53. The largest absolute Gasteiger partial charge is 0.494 e. The lowest BCUT2D eigenvalue weighted by molar-refractivity contribution is 0.102. The lowest BCUT2D eigenvalue weighted by atomic mass is 10.1. The lowest BCUT2D eigenvalue weighted by Crippen LogP contribution is -2.22. The summed E-state index contributed by atoms with van der Waals surface area (Å²) < 4.78 is 11.6. The first-order valence-electron chi connectivity index (χ1n) is 10.6. The molecule has 0 saturated carbocycles. The summed E-state index contributed by atoms with van der Waals surface area (Å²) in [6.45, 7) is 4.44. The second-order valence-corrected chi connectivity index (χ2v) is 10.1. The maximum Gasteiger partial charge on any atom is 0.257 e. The van der Waals surface area contributed by atoms with Crippen molar-refractivity contribution in [2.75, 3.05) is 39.7 Å². The van der Waals surface area contributed by atoms with Gasteiger partial charge < -0.3 is 9.47 Å². The van der Waals surface area contributed by atoms with Crippen molar-refractivity contribution in [1.82, 2.24) is 9.88 Å². The maximum absolute atomic E-state index is 12.9. The number of anilines is 1. The van der Waals surface area contributed by atoms with Gasteiger partial charge in [0, 0.05) is 41.1 Å². The number of hydrogen-bond donors (Lipinski definition) is 1. The quantitative estimate of drug-likeness (QED) is 0.334. The molecule has 6 nitrogen and oxygen atoms in total. The van der Waals surface area contributed by atoms with Gasteiger partial charge >= 0.3 is 0 Å². The van der Waals surface area contributed by atoms with Crippen LogP contribution in [0.1, 0.15) is 20.8 Å². The number of likely N-dealkylation sites (N-methyl/N-ethyl adjacent to an activating group) is 1. The summed E-state index contributed by atoms with van der Waals surface area (Å²) in [7, 11) is 5.38. The average molecular weight is 482 g/mol. The van der Waals surface area contributed by atoms with E-state index < -0.39 is 0 Å². The van der Waals surface area contributed by atoms with Crippen LogP contribution in [0.25, 0.3) is 20.7 Å². The Bertz CT molecular complexity index is 1250. The van der Waals surface area contributed by atoms with Crippen molar-refractivity contribution in [2.45, 2.75) is 13.5 Å². The number of thiophene rings is 1. The fourth-order valence-corrected chi connectivity index (χ4v) is 5.51. The molecular formula is C25H27N3O3S2. The number of carbonyl (C=O) groups excluding carboxylic acids is 1. The maximum atomic E-state index is 12.9. The van der Waals surface area contributed by atoms with E-state index >= 15 is 0 Å². The van der Waals surface area contributed by atoms with Gasteiger partial charge in [-0.2, -0.15) is 0 Å². The number of ether oxygens (including phenoxy) is 2. The molecule has 33 heavy (non-hydrogen) atoms. The van der Waals surface area contributed by atoms with Gasteiger partial charge in [0.25, 0.3) is 5.91 Å². The van der Waals surface area contributed by atoms with E-state index in [4.69, 9.17) is 9.47 Å². The highest BCUT2D eigenvalue weighted by Gasteiger charge is 2.17. The highest BCUT2D eigenvalue weighted by Crippen LogP contribution is 2.41. The summed E-state index contributed by atoms with van der Waals surface area (Å²) in [5, 5.41) is 3.51. The van der Waals surface area contributed by atoms with Crippen LogP contribution in [0.5, 0.6) is 5.75 Å². The molecule has 0 fully saturated rings. The first-order chi connectivity index (χ1) is 16.0. The second kappa shape index (κ2) is 10.4. The van der Waals surface area contributed by atoms with Gasteiger partial charge in [-0.1, -0.05) is 23.5 Å². The molecule has 172 valence electrons. The van der Waals surface area contributed by atoms with Crippen LogP contribution in [-0.2, 0) is 11.3 Å². The van der Waals surface area contributed by atoms with E-state index in [9.17, 15) is 4.79 Å². The molecule has 2 aromatic heterocycles. The first-order valence-corrected chi connectivity index (χ1v) is 12.2. The number of nitrogens with zero attached hydrogens (tertiary/aromatic N) is 2. The number of nitrogens with one attached hydrogen (secondary N) is 1. The molecular weight excluding hydrogens is 454 g/mol. The first kappa shape index (κ1) is 23.4. The van der Waals surface area contributed by atoms with Crippen LogP contribution in [0.15, 0.2) is 48.5 Å². The average Bonchev–Trinajstić information content (AvgIpc) is 3.43. The van der Waals surface area contributed by atoms with Crippen molar-refractivity contribution in [3.63, 3.8) is 0 Å². The van der Waals surface area contributed by atoms with E-state index in [0.717, 1.165) is 34.4 Å². The van der Waals surface area contributed by atoms with E-state index in [1.807, 2.05) is 37.4 Å². The van der Waals surface area contributed by atoms with Gasteiger partial charge in [-0.05, 0) is 55.9 Å². The highest BCUT2D eigenvalue weighted by atomic mass is 32.1. The Labute approximate surface area is 201 Å². The lowest BCUT2D eigenvalue weighted by Gasteiger charge is -2.16. The number of amides is 1. The number of aryl methyl sites for hydroxylation is 1. The molecule has 1 N–H and O–H groups in total. The molecule has 0 aliphatic carbocycles. The number of rotatable bonds is 9. The Morgan fingerprint density at radius 3 is 2.52 bits per heavy atom. The molecule has 0 spiro atoms. The summed E-state index contributed by atoms with van der Waals surface area (Å²) in [6, 6.07) is 15.9. The molecule has 2 heterocycles. The predicted octanol–water partition coefficient (Wildman–Crippen LogP) is 5.67. The van der Waals surface area contributed by atoms with Crippen LogP contribution in [0.2, 0.25) is 0 Å². The third-order valence-corrected chi connectivity index (χ3v) is 7.34. The zero-order chi connectivity index (χ0) is 23.4. The number of benzene rings is 2. The molecule has 4 rings (SSSR count). The summed E-state index contributed by atoms with van der Waals surface area (Å²) in [6.07, 6.45) is 0. The van der Waals surface area contributed by atoms with Crippen molar-refractivity contribution >= 4 is 43.9 Å². The fourth-order valence-electron chi connectivity index (χ4n) is 3.54. The van der Waals surface area contributed by atoms with Gasteiger partial charge in [0.15, 0.2) is 5.13 Å². The monoisotopic (exact) mass is 481 g/mol. The van der Waals surface area contributed by atoms with Crippen LogP contribution in [0.3, 0.4) is 0 Å². The van der Waals surface area contributed by atoms with Gasteiger partial charge in [0.05, 0.1) is 18.4 Å². The highest BCUT2D eigenvalue weighted by molar-refractivity contribution is 7.23. The minimum absolute atomic E-state index is 0.180. The molecule has 0 aliphatic rings. The van der Waals surface area contributed by atoms with Crippen LogP contribution >= 0.6 is 22.7 Å². The molecule has 0 radical (unpaired) electrons. The van der Waals surface area contributed by atoms with Gasteiger partial charge in [-0.25, -0.2) is 4.98 Å². The van der Waals surface area contributed by atoms with Crippen LogP contribution in [0, 0.1) is 6.92 Å². The summed E-state index contributed by atoms with van der Waals surface area (Å²) in [5.41, 5.74) is 3.60. The van der Waals surface area contributed by atoms with Crippen LogP contribution < -0.4 is 10.1 Å². The SMILES string of the molecule is COCCN(C)Cc1ccc(C(=O)Nc2nc3c(OC)ccc(-c4ccc(C)s4)c3s2)cc1. The number of aromatic nitrogens is 1. The number of fused-ring (bicyclic) bond motifs is 1. The Hall–Kier alpha value is -2.78. The molecule has 2 aromatic carbocycles. The number of hydrogen-bond acceptors (Lipinski definition) is 7.